The van der Waals surface area contributed by atoms with Crippen molar-refractivity contribution in [2.75, 3.05) is 10.6 Å². The first-order chi connectivity index (χ1) is 11.6. The van der Waals surface area contributed by atoms with E-state index in [1.165, 1.54) is 12.1 Å². The number of anilines is 3. The molecule has 0 radical (unpaired) electrons. The van der Waals surface area contributed by atoms with Crippen molar-refractivity contribution in [3.8, 4) is 0 Å². The molecule has 0 aliphatic heterocycles. The van der Waals surface area contributed by atoms with Crippen molar-refractivity contribution >= 4 is 23.1 Å². The average molecular weight is 322 g/mol. The number of hydrogen-bond donors (Lipinski definition) is 2. The van der Waals surface area contributed by atoms with E-state index in [1.54, 1.807) is 24.3 Å². The van der Waals surface area contributed by atoms with Crippen LogP contribution in [0.4, 0.5) is 21.6 Å². The fourth-order valence-corrected chi connectivity index (χ4v) is 2.03. The lowest BCUT2D eigenvalue weighted by Gasteiger charge is -2.07. The van der Waals surface area contributed by atoms with Gasteiger partial charge in [0.25, 0.3) is 5.91 Å². The third-order valence-corrected chi connectivity index (χ3v) is 3.32. The van der Waals surface area contributed by atoms with Gasteiger partial charge in [-0.3, -0.25) is 4.79 Å². The molecule has 0 spiro atoms. The zero-order valence-electron chi connectivity index (χ0n) is 13.0. The van der Waals surface area contributed by atoms with Crippen LogP contribution in [0.3, 0.4) is 0 Å². The van der Waals surface area contributed by atoms with Crippen LogP contribution in [0.25, 0.3) is 0 Å². The zero-order chi connectivity index (χ0) is 16.9. The highest BCUT2D eigenvalue weighted by atomic mass is 19.1. The summed E-state index contributed by atoms with van der Waals surface area (Å²) >= 11 is 0. The molecule has 6 heteroatoms. The van der Waals surface area contributed by atoms with Crippen LogP contribution in [0.5, 0.6) is 0 Å². The predicted molar refractivity (Wildman–Crippen MR) is 90.8 cm³/mol. The van der Waals surface area contributed by atoms with E-state index in [2.05, 4.69) is 20.8 Å². The van der Waals surface area contributed by atoms with E-state index in [9.17, 15) is 9.18 Å². The first-order valence-corrected chi connectivity index (χ1v) is 7.34. The van der Waals surface area contributed by atoms with Gasteiger partial charge in [0.2, 0.25) is 0 Å². The summed E-state index contributed by atoms with van der Waals surface area (Å²) in [5, 5.41) is 13.6. The second-order valence-corrected chi connectivity index (χ2v) is 5.26. The van der Waals surface area contributed by atoms with Crippen LogP contribution < -0.4 is 10.6 Å². The Kier molecular flexibility index (Phi) is 4.47. The molecule has 0 saturated heterocycles. The largest absolute Gasteiger partial charge is 0.339 e. The van der Waals surface area contributed by atoms with Gasteiger partial charge < -0.3 is 10.6 Å². The highest BCUT2D eigenvalue weighted by Gasteiger charge is 2.08. The molecule has 0 bridgehead atoms. The highest BCUT2D eigenvalue weighted by molar-refractivity contribution is 6.02. The first-order valence-electron chi connectivity index (χ1n) is 7.34. The Balaban J connectivity index is 1.66. The van der Waals surface area contributed by atoms with Gasteiger partial charge in [0.15, 0.2) is 11.5 Å². The molecular formula is C18H15FN4O. The van der Waals surface area contributed by atoms with Gasteiger partial charge in [-0.25, -0.2) is 4.39 Å². The number of aryl methyl sites for hydroxylation is 1. The van der Waals surface area contributed by atoms with Crippen LogP contribution in [0.15, 0.2) is 60.7 Å². The van der Waals surface area contributed by atoms with E-state index in [0.29, 0.717) is 17.2 Å². The van der Waals surface area contributed by atoms with Crippen molar-refractivity contribution in [1.29, 1.82) is 0 Å². The van der Waals surface area contributed by atoms with E-state index in [1.807, 2.05) is 31.2 Å². The smallest absolute Gasteiger partial charge is 0.276 e. The Hall–Kier alpha value is -3.28. The maximum Gasteiger partial charge on any atom is 0.276 e. The fourth-order valence-electron chi connectivity index (χ4n) is 2.03. The molecule has 2 aromatic carbocycles. The quantitative estimate of drug-likeness (QED) is 0.764. The summed E-state index contributed by atoms with van der Waals surface area (Å²) in [6, 6.07) is 16.6. The monoisotopic (exact) mass is 322 g/mol. The first kappa shape index (κ1) is 15.6. The van der Waals surface area contributed by atoms with E-state index in [-0.39, 0.29) is 17.4 Å². The zero-order valence-corrected chi connectivity index (χ0v) is 13.0. The van der Waals surface area contributed by atoms with Gasteiger partial charge in [-0.05, 0) is 55.5 Å². The molecule has 0 aliphatic rings. The van der Waals surface area contributed by atoms with Crippen molar-refractivity contribution in [3.63, 3.8) is 0 Å². The third-order valence-electron chi connectivity index (χ3n) is 3.32. The minimum absolute atomic E-state index is 0.209. The SMILES string of the molecule is Cc1ccc(NC(=O)c2ccc(Nc3ccc(F)cc3)nn2)cc1. The summed E-state index contributed by atoms with van der Waals surface area (Å²) in [5.74, 6) is -0.178. The van der Waals surface area contributed by atoms with Crippen LogP contribution in [-0.4, -0.2) is 16.1 Å². The minimum Gasteiger partial charge on any atom is -0.339 e. The highest BCUT2D eigenvalue weighted by Crippen LogP contribution is 2.15. The summed E-state index contributed by atoms with van der Waals surface area (Å²) in [7, 11) is 0. The molecule has 3 aromatic rings. The van der Waals surface area contributed by atoms with Crippen molar-refractivity contribution in [1.82, 2.24) is 10.2 Å². The molecule has 0 fully saturated rings. The summed E-state index contributed by atoms with van der Waals surface area (Å²) < 4.78 is 12.9. The normalized spacial score (nSPS) is 10.2. The number of nitrogens with zero attached hydrogens (tertiary/aromatic N) is 2. The standard InChI is InChI=1S/C18H15FN4O/c1-12-2-6-15(7-3-12)21-18(24)16-10-11-17(23-22-16)20-14-8-4-13(19)5-9-14/h2-11H,1H3,(H,20,23)(H,21,24). The van der Waals surface area contributed by atoms with Gasteiger partial charge in [-0.2, -0.15) is 0 Å². The number of nitrogens with one attached hydrogen (secondary N) is 2. The Morgan fingerprint density at radius 3 is 2.17 bits per heavy atom. The minimum atomic E-state index is -0.334. The lowest BCUT2D eigenvalue weighted by atomic mass is 10.2. The molecule has 1 aromatic heterocycles. The number of amides is 1. The van der Waals surface area contributed by atoms with E-state index in [0.717, 1.165) is 5.56 Å². The molecule has 120 valence electrons. The Morgan fingerprint density at radius 1 is 0.875 bits per heavy atom. The van der Waals surface area contributed by atoms with Gasteiger partial charge in [0, 0.05) is 11.4 Å². The molecule has 0 atom stereocenters. The van der Waals surface area contributed by atoms with Crippen LogP contribution >= 0.6 is 0 Å². The van der Waals surface area contributed by atoms with Gasteiger partial charge in [0.05, 0.1) is 0 Å². The molecule has 0 aliphatic carbocycles. The van der Waals surface area contributed by atoms with Crippen molar-refractivity contribution < 1.29 is 9.18 Å². The van der Waals surface area contributed by atoms with Gasteiger partial charge >= 0.3 is 0 Å². The second-order valence-electron chi connectivity index (χ2n) is 5.26. The maximum absolute atomic E-state index is 12.9. The lowest BCUT2D eigenvalue weighted by molar-refractivity contribution is 0.102. The lowest BCUT2D eigenvalue weighted by Crippen LogP contribution is -2.14. The van der Waals surface area contributed by atoms with Crippen molar-refractivity contribution in [3.05, 3.63) is 77.7 Å². The van der Waals surface area contributed by atoms with E-state index in [4.69, 9.17) is 0 Å². The molecule has 3 rings (SSSR count). The van der Waals surface area contributed by atoms with Crippen LogP contribution in [0, 0.1) is 12.7 Å². The Morgan fingerprint density at radius 2 is 1.54 bits per heavy atom. The predicted octanol–water partition coefficient (Wildman–Crippen LogP) is 3.92. The molecule has 24 heavy (non-hydrogen) atoms. The van der Waals surface area contributed by atoms with Crippen molar-refractivity contribution in [2.45, 2.75) is 6.92 Å². The van der Waals surface area contributed by atoms with Gasteiger partial charge in [-0.15, -0.1) is 10.2 Å². The summed E-state index contributed by atoms with van der Waals surface area (Å²) in [5.41, 5.74) is 2.70. The Labute approximate surface area is 138 Å². The third kappa shape index (κ3) is 3.92. The molecule has 1 amide bonds. The van der Waals surface area contributed by atoms with Crippen LogP contribution in [0.1, 0.15) is 16.1 Å². The number of benzene rings is 2. The fraction of sp³-hybridized carbons (Fsp3) is 0.0556. The van der Waals surface area contributed by atoms with Gasteiger partial charge in [0.1, 0.15) is 5.82 Å². The summed E-state index contributed by atoms with van der Waals surface area (Å²) in [6.45, 7) is 1.98. The Bertz CT molecular complexity index is 830. The summed E-state index contributed by atoms with van der Waals surface area (Å²) in [4.78, 5) is 12.1. The van der Waals surface area contributed by atoms with E-state index >= 15 is 0 Å². The van der Waals surface area contributed by atoms with E-state index < -0.39 is 0 Å². The van der Waals surface area contributed by atoms with Crippen LogP contribution in [-0.2, 0) is 0 Å². The topological polar surface area (TPSA) is 66.9 Å². The number of rotatable bonds is 4. The summed E-state index contributed by atoms with van der Waals surface area (Å²) in [6.07, 6.45) is 0. The molecule has 0 saturated carbocycles. The number of aromatic nitrogens is 2. The number of carbonyl (C=O) groups is 1. The molecule has 1 heterocycles. The number of hydrogen-bond acceptors (Lipinski definition) is 4. The number of halogens is 1. The molecule has 5 nitrogen and oxygen atoms in total. The van der Waals surface area contributed by atoms with Crippen molar-refractivity contribution in [2.24, 2.45) is 0 Å². The molecule has 2 N–H and O–H groups in total. The maximum atomic E-state index is 12.9. The molecular weight excluding hydrogens is 307 g/mol. The van der Waals surface area contributed by atoms with Gasteiger partial charge in [-0.1, -0.05) is 17.7 Å². The number of carbonyl (C=O) groups excluding carboxylic acids is 1. The van der Waals surface area contributed by atoms with Crippen LogP contribution in [0.2, 0.25) is 0 Å². The molecule has 0 unspecified atom stereocenters. The average Bonchev–Trinajstić information content (AvgIpc) is 2.59. The second kappa shape index (κ2) is 6.87.